The topological polar surface area (TPSA) is 65.1 Å². The van der Waals surface area contributed by atoms with Crippen LogP contribution >= 0.6 is 11.6 Å². The molecule has 1 aliphatic rings. The van der Waals surface area contributed by atoms with Gasteiger partial charge in [0.1, 0.15) is 11.5 Å². The number of nitrogens with zero attached hydrogens (tertiary/aromatic N) is 4. The lowest BCUT2D eigenvalue weighted by Gasteiger charge is -2.21. The number of rotatable bonds is 3. The Balaban J connectivity index is 1.59. The Morgan fingerprint density at radius 2 is 2.09 bits per heavy atom. The lowest BCUT2D eigenvalue weighted by molar-refractivity contribution is 0.0755. The minimum atomic E-state index is -0.0302. The lowest BCUT2D eigenvalue weighted by atomic mass is 10.3. The molecule has 0 saturated carbocycles. The van der Waals surface area contributed by atoms with Crippen molar-refractivity contribution in [2.45, 2.75) is 19.9 Å². The summed E-state index contributed by atoms with van der Waals surface area (Å²) in [5.74, 6) is 0.944. The van der Waals surface area contributed by atoms with Crippen LogP contribution in [0.4, 0.5) is 0 Å². The van der Waals surface area contributed by atoms with E-state index in [9.17, 15) is 4.79 Å². The van der Waals surface area contributed by atoms with Crippen molar-refractivity contribution in [3.8, 4) is 0 Å². The number of halogens is 1. The molecule has 0 radical (unpaired) electrons. The summed E-state index contributed by atoms with van der Waals surface area (Å²) in [6.45, 7) is 6.02. The Morgan fingerprint density at radius 1 is 1.22 bits per heavy atom. The number of hydrogen-bond acceptors (Lipinski definition) is 4. The summed E-state index contributed by atoms with van der Waals surface area (Å²) < 4.78 is 0. The number of aromatic nitrogens is 3. The summed E-state index contributed by atoms with van der Waals surface area (Å²) >= 11 is 5.82. The fourth-order valence-electron chi connectivity index (χ4n) is 2.76. The highest BCUT2D eigenvalue weighted by Gasteiger charge is 2.21. The van der Waals surface area contributed by atoms with Gasteiger partial charge in [0.15, 0.2) is 0 Å². The summed E-state index contributed by atoms with van der Waals surface area (Å²) in [7, 11) is 0. The third-order valence-electron chi connectivity index (χ3n) is 3.95. The van der Waals surface area contributed by atoms with Gasteiger partial charge in [-0.05, 0) is 25.5 Å². The Bertz CT molecular complexity index is 669. The van der Waals surface area contributed by atoms with E-state index in [0.717, 1.165) is 44.1 Å². The zero-order chi connectivity index (χ0) is 16.2. The number of amides is 1. The summed E-state index contributed by atoms with van der Waals surface area (Å²) in [5.41, 5.74) is 1.52. The van der Waals surface area contributed by atoms with Crippen molar-refractivity contribution in [3.05, 3.63) is 46.8 Å². The van der Waals surface area contributed by atoms with E-state index in [4.69, 9.17) is 11.6 Å². The van der Waals surface area contributed by atoms with Crippen molar-refractivity contribution in [1.29, 1.82) is 0 Å². The molecule has 1 saturated heterocycles. The van der Waals surface area contributed by atoms with E-state index in [1.54, 1.807) is 12.1 Å². The molecule has 2 aromatic rings. The molecule has 1 amide bonds. The maximum atomic E-state index is 12.5. The predicted molar refractivity (Wildman–Crippen MR) is 88.4 cm³/mol. The predicted octanol–water partition coefficient (Wildman–Crippen LogP) is 2.11. The largest absolute Gasteiger partial charge is 0.345 e. The zero-order valence-corrected chi connectivity index (χ0v) is 13.9. The Morgan fingerprint density at radius 3 is 2.78 bits per heavy atom. The van der Waals surface area contributed by atoms with Crippen molar-refractivity contribution in [1.82, 2.24) is 24.8 Å². The SMILES string of the molecule is Cc1cnc(CN2CCCN(C(=O)c3ccc(Cl)cn3)CC2)[nH]1. The second kappa shape index (κ2) is 7.10. The van der Waals surface area contributed by atoms with Crippen LogP contribution in [0.5, 0.6) is 0 Å². The summed E-state index contributed by atoms with van der Waals surface area (Å²) in [5, 5.41) is 0.539. The van der Waals surface area contributed by atoms with Gasteiger partial charge in [-0.15, -0.1) is 0 Å². The number of nitrogens with one attached hydrogen (secondary N) is 1. The van der Waals surface area contributed by atoms with Gasteiger partial charge in [-0.2, -0.15) is 0 Å². The first kappa shape index (κ1) is 16.0. The summed E-state index contributed by atoms with van der Waals surface area (Å²) in [6.07, 6.45) is 4.30. The van der Waals surface area contributed by atoms with Crippen LogP contribution in [0.2, 0.25) is 5.02 Å². The molecule has 0 bridgehead atoms. The van der Waals surface area contributed by atoms with Crippen molar-refractivity contribution >= 4 is 17.5 Å². The number of carbonyl (C=O) groups excluding carboxylic acids is 1. The minimum Gasteiger partial charge on any atom is -0.345 e. The number of pyridine rings is 1. The highest BCUT2D eigenvalue weighted by Crippen LogP contribution is 2.12. The molecule has 0 spiro atoms. The normalized spacial score (nSPS) is 16.3. The third-order valence-corrected chi connectivity index (χ3v) is 4.17. The van der Waals surface area contributed by atoms with Crippen LogP contribution in [0, 0.1) is 6.92 Å². The van der Waals surface area contributed by atoms with Gasteiger partial charge in [0.05, 0.1) is 11.6 Å². The van der Waals surface area contributed by atoms with Crippen LogP contribution in [0.25, 0.3) is 0 Å². The van der Waals surface area contributed by atoms with E-state index in [2.05, 4.69) is 19.9 Å². The number of hydrogen-bond donors (Lipinski definition) is 1. The Labute approximate surface area is 140 Å². The van der Waals surface area contributed by atoms with Crippen molar-refractivity contribution in [2.75, 3.05) is 26.2 Å². The van der Waals surface area contributed by atoms with Gasteiger partial charge < -0.3 is 9.88 Å². The van der Waals surface area contributed by atoms with Gasteiger partial charge >= 0.3 is 0 Å². The van der Waals surface area contributed by atoms with Gasteiger partial charge in [0, 0.05) is 44.3 Å². The average Bonchev–Trinajstić information content (AvgIpc) is 2.81. The van der Waals surface area contributed by atoms with Crippen LogP contribution in [0.15, 0.2) is 24.5 Å². The standard InChI is InChI=1S/C16H20ClN5O/c1-12-9-19-15(20-12)11-21-5-2-6-22(8-7-21)16(23)14-4-3-13(17)10-18-14/h3-4,9-10H,2,5-8,11H2,1H3,(H,19,20). The van der Waals surface area contributed by atoms with Crippen molar-refractivity contribution < 1.29 is 4.79 Å². The molecule has 0 aromatic carbocycles. The van der Waals surface area contributed by atoms with Gasteiger partial charge in [0.25, 0.3) is 5.91 Å². The molecular weight excluding hydrogens is 314 g/mol. The zero-order valence-electron chi connectivity index (χ0n) is 13.1. The number of carbonyl (C=O) groups is 1. The smallest absolute Gasteiger partial charge is 0.272 e. The molecule has 0 atom stereocenters. The van der Waals surface area contributed by atoms with Crippen LogP contribution in [-0.2, 0) is 6.54 Å². The lowest BCUT2D eigenvalue weighted by Crippen LogP contribution is -2.35. The monoisotopic (exact) mass is 333 g/mol. The Kier molecular flexibility index (Phi) is 4.93. The molecular formula is C16H20ClN5O. The molecule has 3 rings (SSSR count). The molecule has 2 aromatic heterocycles. The van der Waals surface area contributed by atoms with Gasteiger partial charge in [-0.1, -0.05) is 11.6 Å². The van der Waals surface area contributed by atoms with Crippen LogP contribution in [0.3, 0.4) is 0 Å². The first-order chi connectivity index (χ1) is 11.1. The molecule has 0 unspecified atom stereocenters. The van der Waals surface area contributed by atoms with E-state index in [-0.39, 0.29) is 5.91 Å². The van der Waals surface area contributed by atoms with Gasteiger partial charge in [-0.3, -0.25) is 9.69 Å². The number of aromatic amines is 1. The van der Waals surface area contributed by atoms with Crippen LogP contribution in [-0.4, -0.2) is 56.8 Å². The van der Waals surface area contributed by atoms with Crippen molar-refractivity contribution in [3.63, 3.8) is 0 Å². The van der Waals surface area contributed by atoms with E-state index in [0.29, 0.717) is 17.3 Å². The molecule has 7 heteroatoms. The minimum absolute atomic E-state index is 0.0302. The molecule has 0 aliphatic carbocycles. The second-order valence-corrected chi connectivity index (χ2v) is 6.23. The fourth-order valence-corrected chi connectivity index (χ4v) is 2.87. The third kappa shape index (κ3) is 4.09. The first-order valence-electron chi connectivity index (χ1n) is 7.75. The maximum absolute atomic E-state index is 12.5. The highest BCUT2D eigenvalue weighted by molar-refractivity contribution is 6.30. The van der Waals surface area contributed by atoms with Crippen LogP contribution in [0.1, 0.15) is 28.4 Å². The van der Waals surface area contributed by atoms with E-state index in [1.165, 1.54) is 6.20 Å². The second-order valence-electron chi connectivity index (χ2n) is 5.80. The van der Waals surface area contributed by atoms with Gasteiger partial charge in [-0.25, -0.2) is 9.97 Å². The molecule has 3 heterocycles. The van der Waals surface area contributed by atoms with Gasteiger partial charge in [0.2, 0.25) is 0 Å². The average molecular weight is 334 g/mol. The number of aryl methyl sites for hydroxylation is 1. The maximum Gasteiger partial charge on any atom is 0.272 e. The summed E-state index contributed by atoms with van der Waals surface area (Å²) in [4.78, 5) is 28.4. The van der Waals surface area contributed by atoms with E-state index in [1.807, 2.05) is 18.0 Å². The fraction of sp³-hybridized carbons (Fsp3) is 0.438. The molecule has 122 valence electrons. The number of imidazole rings is 1. The van der Waals surface area contributed by atoms with E-state index < -0.39 is 0 Å². The Hall–Kier alpha value is -1.92. The highest BCUT2D eigenvalue weighted by atomic mass is 35.5. The quantitative estimate of drug-likeness (QED) is 0.934. The number of H-pyrrole nitrogens is 1. The molecule has 1 N–H and O–H groups in total. The molecule has 23 heavy (non-hydrogen) atoms. The van der Waals surface area contributed by atoms with Crippen molar-refractivity contribution in [2.24, 2.45) is 0 Å². The van der Waals surface area contributed by atoms with Crippen LogP contribution < -0.4 is 0 Å². The van der Waals surface area contributed by atoms with E-state index >= 15 is 0 Å². The molecule has 6 nitrogen and oxygen atoms in total. The molecule has 1 fully saturated rings. The summed E-state index contributed by atoms with van der Waals surface area (Å²) in [6, 6.07) is 3.38. The first-order valence-corrected chi connectivity index (χ1v) is 8.13. The molecule has 1 aliphatic heterocycles.